The fourth-order valence-electron chi connectivity index (χ4n) is 3.25. The van der Waals surface area contributed by atoms with E-state index < -0.39 is 17.7 Å². The molecule has 0 bridgehead atoms. The fourth-order valence-corrected chi connectivity index (χ4v) is 3.25. The van der Waals surface area contributed by atoms with Crippen LogP contribution in [0.1, 0.15) is 37.4 Å². The van der Waals surface area contributed by atoms with Crippen LogP contribution >= 0.6 is 0 Å². The first-order valence-electron chi connectivity index (χ1n) is 7.86. The van der Waals surface area contributed by atoms with Crippen molar-refractivity contribution in [2.24, 2.45) is 4.99 Å². The lowest BCUT2D eigenvalue weighted by atomic mass is 9.84. The number of guanidine groups is 1. The molecule has 0 spiro atoms. The van der Waals surface area contributed by atoms with Gasteiger partial charge in [-0.2, -0.15) is 10.5 Å². The lowest BCUT2D eigenvalue weighted by Crippen LogP contribution is -2.58. The molecule has 7 nitrogen and oxygen atoms in total. The number of aliphatic imine (C=N–C) groups is 1. The summed E-state index contributed by atoms with van der Waals surface area (Å²) in [6.45, 7) is 5.03. The Kier molecular flexibility index (Phi) is 4.04. The summed E-state index contributed by atoms with van der Waals surface area (Å²) in [4.78, 5) is 5.75. The molecule has 2 heterocycles. The van der Waals surface area contributed by atoms with Gasteiger partial charge in [-0.3, -0.25) is 0 Å². The van der Waals surface area contributed by atoms with E-state index in [-0.39, 0.29) is 0 Å². The predicted octanol–water partition coefficient (Wildman–Crippen LogP) is 1.26. The molecule has 0 aromatic heterocycles. The second-order valence-corrected chi connectivity index (χ2v) is 6.47. The maximum atomic E-state index is 10.9. The number of fused-ring (bicyclic) bond motifs is 1. The Labute approximate surface area is 140 Å². The average Bonchev–Trinajstić information content (AvgIpc) is 2.57. The number of nitriles is 2. The second-order valence-electron chi connectivity index (χ2n) is 6.47. The van der Waals surface area contributed by atoms with Crippen LogP contribution < -0.4 is 10.1 Å². The Morgan fingerprint density at radius 3 is 2.92 bits per heavy atom. The average molecular weight is 325 g/mol. The van der Waals surface area contributed by atoms with Gasteiger partial charge in [-0.25, -0.2) is 0 Å². The lowest BCUT2D eigenvalue weighted by Gasteiger charge is -2.48. The normalized spacial score (nSPS) is 26.5. The number of rotatable bonds is 1. The molecule has 3 rings (SSSR count). The molecule has 2 aliphatic heterocycles. The van der Waals surface area contributed by atoms with E-state index in [0.717, 1.165) is 18.5 Å². The van der Waals surface area contributed by atoms with Crippen LogP contribution in [0.4, 0.5) is 0 Å². The van der Waals surface area contributed by atoms with Crippen LogP contribution in [0.15, 0.2) is 23.2 Å². The molecule has 0 amide bonds. The zero-order valence-corrected chi connectivity index (χ0v) is 13.7. The van der Waals surface area contributed by atoms with Crippen molar-refractivity contribution >= 4 is 5.96 Å². The van der Waals surface area contributed by atoms with Crippen molar-refractivity contribution in [2.75, 3.05) is 13.1 Å². The summed E-state index contributed by atoms with van der Waals surface area (Å²) in [5, 5.41) is 32.2. The summed E-state index contributed by atoms with van der Waals surface area (Å²) in [7, 11) is 0. The zero-order valence-electron chi connectivity index (χ0n) is 13.7. The number of hydrogen-bond acceptors (Lipinski definition) is 5. The lowest BCUT2D eigenvalue weighted by molar-refractivity contribution is -0.0829. The Bertz CT molecular complexity index is 759. The van der Waals surface area contributed by atoms with E-state index in [9.17, 15) is 10.4 Å². The summed E-state index contributed by atoms with van der Waals surface area (Å²) >= 11 is 0. The highest BCUT2D eigenvalue weighted by Gasteiger charge is 2.46. The first-order chi connectivity index (χ1) is 11.5. The molecule has 2 atom stereocenters. The van der Waals surface area contributed by atoms with E-state index in [1.165, 1.54) is 0 Å². The molecule has 1 unspecified atom stereocenters. The van der Waals surface area contributed by atoms with Crippen molar-refractivity contribution in [1.29, 1.82) is 10.5 Å². The van der Waals surface area contributed by atoms with Gasteiger partial charge in [-0.05, 0) is 38.5 Å². The third kappa shape index (κ3) is 2.64. The number of nitrogens with zero attached hydrogens (tertiary/aromatic N) is 4. The van der Waals surface area contributed by atoms with Crippen molar-refractivity contribution < 1.29 is 9.84 Å². The highest BCUT2D eigenvalue weighted by Crippen LogP contribution is 2.43. The molecule has 1 aromatic rings. The Morgan fingerprint density at radius 2 is 2.21 bits per heavy atom. The van der Waals surface area contributed by atoms with Crippen LogP contribution in [0, 0.1) is 22.8 Å². The summed E-state index contributed by atoms with van der Waals surface area (Å²) in [5.41, 5.74) is 0.425. The molecule has 7 heteroatoms. The van der Waals surface area contributed by atoms with E-state index in [1.807, 2.05) is 24.9 Å². The predicted molar refractivity (Wildman–Crippen MR) is 87.0 cm³/mol. The van der Waals surface area contributed by atoms with Crippen LogP contribution in [-0.4, -0.2) is 40.8 Å². The molecule has 0 saturated carbocycles. The minimum Gasteiger partial charge on any atom is -0.485 e. The molecule has 24 heavy (non-hydrogen) atoms. The fraction of sp³-hybridized carbons (Fsp3) is 0.471. The quantitative estimate of drug-likeness (QED) is 0.753. The van der Waals surface area contributed by atoms with Crippen LogP contribution in [-0.2, 0) is 0 Å². The molecule has 2 N–H and O–H groups in total. The van der Waals surface area contributed by atoms with Gasteiger partial charge < -0.3 is 20.1 Å². The van der Waals surface area contributed by atoms with E-state index in [0.29, 0.717) is 23.8 Å². The second kappa shape index (κ2) is 6.03. The van der Waals surface area contributed by atoms with Gasteiger partial charge in [-0.1, -0.05) is 0 Å². The van der Waals surface area contributed by atoms with Crippen molar-refractivity contribution in [1.82, 2.24) is 10.2 Å². The van der Waals surface area contributed by atoms with E-state index in [1.54, 1.807) is 18.2 Å². The van der Waals surface area contributed by atoms with E-state index in [4.69, 9.17) is 10.00 Å². The summed E-state index contributed by atoms with van der Waals surface area (Å²) in [6.07, 6.45) is 1.83. The third-order valence-electron chi connectivity index (χ3n) is 4.46. The van der Waals surface area contributed by atoms with Crippen LogP contribution in [0.5, 0.6) is 5.75 Å². The van der Waals surface area contributed by atoms with Gasteiger partial charge in [0, 0.05) is 18.7 Å². The molecule has 0 aliphatic carbocycles. The SMILES string of the molecule is CC1(C)Oc2ccc(C#N)cc2[C@@H](N2CCCNC2=NC#N)C1O. The topological polar surface area (TPSA) is 105 Å². The van der Waals surface area contributed by atoms with Gasteiger partial charge in [0.25, 0.3) is 0 Å². The highest BCUT2D eigenvalue weighted by molar-refractivity contribution is 5.82. The minimum atomic E-state index is -0.845. The van der Waals surface area contributed by atoms with Crippen LogP contribution in [0.25, 0.3) is 0 Å². The maximum Gasteiger partial charge on any atom is 0.210 e. The highest BCUT2D eigenvalue weighted by atomic mass is 16.5. The van der Waals surface area contributed by atoms with Crippen molar-refractivity contribution in [3.8, 4) is 18.0 Å². The van der Waals surface area contributed by atoms with Gasteiger partial charge >= 0.3 is 0 Å². The Morgan fingerprint density at radius 1 is 1.42 bits per heavy atom. The molecular weight excluding hydrogens is 306 g/mol. The number of benzene rings is 1. The van der Waals surface area contributed by atoms with Gasteiger partial charge in [0.1, 0.15) is 17.5 Å². The summed E-state index contributed by atoms with van der Waals surface area (Å²) in [5.74, 6) is 1.08. The molecule has 1 aromatic carbocycles. The minimum absolute atomic E-state index is 0.443. The number of aliphatic hydroxyl groups is 1. The molecule has 2 aliphatic rings. The molecular formula is C17H19N5O2. The smallest absolute Gasteiger partial charge is 0.210 e. The zero-order chi connectivity index (χ0) is 17.3. The van der Waals surface area contributed by atoms with Gasteiger partial charge in [0.05, 0.1) is 17.7 Å². The van der Waals surface area contributed by atoms with Crippen LogP contribution in [0.2, 0.25) is 0 Å². The number of hydrogen-bond donors (Lipinski definition) is 2. The Hall–Kier alpha value is -2.77. The Balaban J connectivity index is 2.13. The first kappa shape index (κ1) is 16.1. The molecule has 1 fully saturated rings. The van der Waals surface area contributed by atoms with Gasteiger partial charge in [-0.15, -0.1) is 4.99 Å². The van der Waals surface area contributed by atoms with Gasteiger partial charge in [0.15, 0.2) is 0 Å². The maximum absolute atomic E-state index is 10.9. The third-order valence-corrected chi connectivity index (χ3v) is 4.46. The van der Waals surface area contributed by atoms with E-state index in [2.05, 4.69) is 16.4 Å². The molecule has 124 valence electrons. The number of aliphatic hydroxyl groups excluding tert-OH is 1. The van der Waals surface area contributed by atoms with Crippen molar-refractivity contribution in [3.63, 3.8) is 0 Å². The summed E-state index contributed by atoms with van der Waals surface area (Å²) in [6, 6.07) is 6.86. The van der Waals surface area contributed by atoms with Gasteiger partial charge in [0.2, 0.25) is 12.2 Å². The largest absolute Gasteiger partial charge is 0.485 e. The number of nitrogens with one attached hydrogen (secondary N) is 1. The summed E-state index contributed by atoms with van der Waals surface area (Å²) < 4.78 is 5.94. The van der Waals surface area contributed by atoms with Crippen molar-refractivity contribution in [2.45, 2.75) is 38.0 Å². The van der Waals surface area contributed by atoms with Crippen LogP contribution in [0.3, 0.4) is 0 Å². The number of ether oxygens (including phenoxy) is 1. The molecule has 1 saturated heterocycles. The monoisotopic (exact) mass is 325 g/mol. The molecule has 0 radical (unpaired) electrons. The van der Waals surface area contributed by atoms with Crippen molar-refractivity contribution in [3.05, 3.63) is 29.3 Å². The standard InChI is InChI=1S/C17H19N5O2/c1-17(2)15(23)14(22-7-3-6-20-16(22)21-10-19)12-8-11(9-18)4-5-13(12)24-17/h4-5,8,14-15,23H,3,6-7H2,1-2H3,(H,20,21)/t14-,15?/m1/s1. The first-order valence-corrected chi connectivity index (χ1v) is 7.86. The van der Waals surface area contributed by atoms with E-state index >= 15 is 0 Å².